The van der Waals surface area contributed by atoms with Crippen molar-refractivity contribution in [2.75, 3.05) is 7.05 Å². The average molecular weight is 249 g/mol. The number of aliphatic hydroxyl groups is 1. The smallest absolute Gasteiger partial charge is 0.480 e. The van der Waals surface area contributed by atoms with Gasteiger partial charge in [0, 0.05) is 7.05 Å². The third kappa shape index (κ3) is 6.08. The topological polar surface area (TPSA) is 96.3 Å². The summed E-state index contributed by atoms with van der Waals surface area (Å²) in [6, 6.07) is -1.34. The standard InChI is InChI=1S/C10H19NO6/c1-6(12)7(8(13)14)11(5)17-9(15)16-10(2,3)4/h6-7,12H,1-5H3,(H,13,14)/t6-,7+/m0/s1. The molecule has 0 bridgehead atoms. The van der Waals surface area contributed by atoms with Gasteiger partial charge in [0.1, 0.15) is 5.60 Å². The highest BCUT2D eigenvalue weighted by atomic mass is 16.8. The van der Waals surface area contributed by atoms with Gasteiger partial charge in [-0.1, -0.05) is 0 Å². The molecule has 0 aromatic carbocycles. The Bertz CT molecular complexity index is 283. The number of carbonyl (C=O) groups is 2. The molecular weight excluding hydrogens is 230 g/mol. The molecule has 0 aliphatic heterocycles. The maximum Gasteiger partial charge on any atom is 0.528 e. The number of aliphatic carboxylic acids is 1. The molecule has 0 fully saturated rings. The highest BCUT2D eigenvalue weighted by Gasteiger charge is 2.31. The molecule has 0 aliphatic carbocycles. The van der Waals surface area contributed by atoms with E-state index < -0.39 is 29.9 Å². The highest BCUT2D eigenvalue weighted by molar-refractivity contribution is 5.74. The Labute approximate surface area is 99.9 Å². The van der Waals surface area contributed by atoms with E-state index in [1.54, 1.807) is 20.8 Å². The van der Waals surface area contributed by atoms with E-state index in [1.165, 1.54) is 14.0 Å². The number of hydroxylamine groups is 2. The van der Waals surface area contributed by atoms with Gasteiger partial charge in [-0.3, -0.25) is 4.79 Å². The largest absolute Gasteiger partial charge is 0.528 e. The van der Waals surface area contributed by atoms with Crippen molar-refractivity contribution in [3.8, 4) is 0 Å². The van der Waals surface area contributed by atoms with Crippen LogP contribution in [-0.2, 0) is 14.4 Å². The van der Waals surface area contributed by atoms with E-state index >= 15 is 0 Å². The number of carboxylic acid groups (broad SMARTS) is 1. The molecule has 0 rings (SSSR count). The molecule has 0 saturated heterocycles. The van der Waals surface area contributed by atoms with Crippen LogP contribution in [0.15, 0.2) is 0 Å². The second kappa shape index (κ2) is 5.83. The summed E-state index contributed by atoms with van der Waals surface area (Å²) in [6.07, 6.45) is -2.22. The first kappa shape index (κ1) is 15.7. The highest BCUT2D eigenvalue weighted by Crippen LogP contribution is 2.10. The lowest BCUT2D eigenvalue weighted by Gasteiger charge is -2.26. The summed E-state index contributed by atoms with van der Waals surface area (Å²) in [5.74, 6) is -1.30. The number of likely N-dealkylation sites (N-methyl/N-ethyl adjacent to an activating group) is 1. The van der Waals surface area contributed by atoms with Gasteiger partial charge in [-0.05, 0) is 27.7 Å². The van der Waals surface area contributed by atoms with Crippen LogP contribution in [0.2, 0.25) is 0 Å². The Morgan fingerprint density at radius 1 is 1.29 bits per heavy atom. The Hall–Kier alpha value is -1.34. The maximum atomic E-state index is 11.3. The van der Waals surface area contributed by atoms with E-state index in [1.807, 2.05) is 0 Å². The van der Waals surface area contributed by atoms with E-state index in [-0.39, 0.29) is 0 Å². The molecule has 0 unspecified atom stereocenters. The molecule has 0 aliphatic rings. The van der Waals surface area contributed by atoms with Crippen molar-refractivity contribution in [3.05, 3.63) is 0 Å². The molecule has 100 valence electrons. The van der Waals surface area contributed by atoms with Crippen molar-refractivity contribution in [2.45, 2.75) is 45.4 Å². The Morgan fingerprint density at radius 3 is 2.06 bits per heavy atom. The fourth-order valence-electron chi connectivity index (χ4n) is 1.11. The van der Waals surface area contributed by atoms with Gasteiger partial charge in [0.2, 0.25) is 0 Å². The normalized spacial score (nSPS) is 15.2. The van der Waals surface area contributed by atoms with Crippen LogP contribution in [0, 0.1) is 0 Å². The summed E-state index contributed by atoms with van der Waals surface area (Å²) in [7, 11) is 1.23. The number of carboxylic acids is 1. The van der Waals surface area contributed by atoms with Crippen LogP contribution in [0.25, 0.3) is 0 Å². The molecule has 2 N–H and O–H groups in total. The van der Waals surface area contributed by atoms with E-state index in [0.29, 0.717) is 0 Å². The van der Waals surface area contributed by atoms with Crippen molar-refractivity contribution < 1.29 is 29.4 Å². The lowest BCUT2D eigenvalue weighted by atomic mass is 10.2. The number of nitrogens with zero attached hydrogens (tertiary/aromatic N) is 1. The molecule has 0 saturated carbocycles. The second-order valence-electron chi connectivity index (χ2n) is 4.63. The number of carbonyl (C=O) groups excluding carboxylic acids is 1. The number of rotatable bonds is 4. The quantitative estimate of drug-likeness (QED) is 0.556. The zero-order chi connectivity index (χ0) is 13.8. The first-order valence-corrected chi connectivity index (χ1v) is 5.09. The minimum Gasteiger partial charge on any atom is -0.480 e. The number of ether oxygens (including phenoxy) is 1. The molecule has 0 radical (unpaired) electrons. The summed E-state index contributed by atoms with van der Waals surface area (Å²) in [5.41, 5.74) is -0.735. The molecule has 0 amide bonds. The summed E-state index contributed by atoms with van der Waals surface area (Å²) < 4.78 is 4.84. The molecule has 7 heteroatoms. The lowest BCUT2D eigenvalue weighted by Crippen LogP contribution is -2.47. The zero-order valence-electron chi connectivity index (χ0n) is 10.6. The van der Waals surface area contributed by atoms with Gasteiger partial charge in [-0.25, -0.2) is 4.79 Å². The van der Waals surface area contributed by atoms with Gasteiger partial charge < -0.3 is 19.8 Å². The predicted molar refractivity (Wildman–Crippen MR) is 58.2 cm³/mol. The fourth-order valence-corrected chi connectivity index (χ4v) is 1.11. The fraction of sp³-hybridized carbons (Fsp3) is 0.800. The molecule has 0 aromatic rings. The van der Waals surface area contributed by atoms with Crippen LogP contribution in [0.1, 0.15) is 27.7 Å². The van der Waals surface area contributed by atoms with Crippen molar-refractivity contribution >= 4 is 12.1 Å². The minimum atomic E-state index is -1.34. The van der Waals surface area contributed by atoms with Crippen molar-refractivity contribution in [2.24, 2.45) is 0 Å². The van der Waals surface area contributed by atoms with Crippen molar-refractivity contribution in [1.29, 1.82) is 0 Å². The molecule has 0 heterocycles. The zero-order valence-corrected chi connectivity index (χ0v) is 10.6. The molecule has 2 atom stereocenters. The molecule has 0 aromatic heterocycles. The lowest BCUT2D eigenvalue weighted by molar-refractivity contribution is -0.186. The van der Waals surface area contributed by atoms with Crippen molar-refractivity contribution in [1.82, 2.24) is 5.06 Å². The molecule has 17 heavy (non-hydrogen) atoms. The van der Waals surface area contributed by atoms with Gasteiger partial charge >= 0.3 is 12.1 Å². The monoisotopic (exact) mass is 249 g/mol. The van der Waals surface area contributed by atoms with Gasteiger partial charge in [-0.15, -0.1) is 5.06 Å². The summed E-state index contributed by atoms with van der Waals surface area (Å²) in [6.45, 7) is 6.24. The number of aliphatic hydroxyl groups excluding tert-OH is 1. The van der Waals surface area contributed by atoms with Crippen LogP contribution in [0.5, 0.6) is 0 Å². The van der Waals surface area contributed by atoms with Crippen molar-refractivity contribution in [3.63, 3.8) is 0 Å². The van der Waals surface area contributed by atoms with Gasteiger partial charge in [0.15, 0.2) is 6.04 Å². The average Bonchev–Trinajstić information content (AvgIpc) is 1.96. The van der Waals surface area contributed by atoms with Gasteiger partial charge in [0.05, 0.1) is 6.10 Å². The Morgan fingerprint density at radius 2 is 1.76 bits per heavy atom. The van der Waals surface area contributed by atoms with Crippen LogP contribution in [0.3, 0.4) is 0 Å². The van der Waals surface area contributed by atoms with Crippen LogP contribution in [-0.4, -0.2) is 52.2 Å². The summed E-state index contributed by atoms with van der Waals surface area (Å²) in [5, 5.41) is 18.8. The van der Waals surface area contributed by atoms with E-state index in [0.717, 1.165) is 5.06 Å². The second-order valence-corrected chi connectivity index (χ2v) is 4.63. The maximum absolute atomic E-state index is 11.3. The summed E-state index contributed by atoms with van der Waals surface area (Å²) in [4.78, 5) is 26.7. The van der Waals surface area contributed by atoms with E-state index in [2.05, 4.69) is 4.84 Å². The van der Waals surface area contributed by atoms with Gasteiger partial charge in [0.25, 0.3) is 0 Å². The first-order chi connectivity index (χ1) is 7.54. The Balaban J connectivity index is 4.46. The summed E-state index contributed by atoms with van der Waals surface area (Å²) >= 11 is 0. The third-order valence-electron chi connectivity index (χ3n) is 1.71. The predicted octanol–water partition coefficient (Wildman–Crippen LogP) is 0.619. The van der Waals surface area contributed by atoms with Crippen LogP contribution < -0.4 is 0 Å². The Kier molecular flexibility index (Phi) is 5.37. The van der Waals surface area contributed by atoms with E-state index in [4.69, 9.17) is 9.84 Å². The molecule has 0 spiro atoms. The van der Waals surface area contributed by atoms with Crippen LogP contribution in [0.4, 0.5) is 4.79 Å². The first-order valence-electron chi connectivity index (χ1n) is 5.09. The van der Waals surface area contributed by atoms with Crippen LogP contribution >= 0.6 is 0 Å². The minimum absolute atomic E-state index is 0.735. The number of hydrogen-bond donors (Lipinski definition) is 2. The third-order valence-corrected chi connectivity index (χ3v) is 1.71. The molecular formula is C10H19NO6. The van der Waals surface area contributed by atoms with E-state index in [9.17, 15) is 14.7 Å². The SMILES string of the molecule is C[C@H](O)[C@H](C(=O)O)N(C)OC(=O)OC(C)(C)C. The number of hydrogen-bond acceptors (Lipinski definition) is 6. The molecule has 7 nitrogen and oxygen atoms in total. The van der Waals surface area contributed by atoms with Gasteiger partial charge in [-0.2, -0.15) is 0 Å².